The van der Waals surface area contributed by atoms with Crippen molar-refractivity contribution in [3.63, 3.8) is 0 Å². The highest BCUT2D eigenvalue weighted by atomic mass is 16.6. The molecule has 0 aromatic heterocycles. The molecule has 2 saturated heterocycles. The van der Waals surface area contributed by atoms with Gasteiger partial charge in [-0.3, -0.25) is 14.6 Å². The number of aliphatic carboxylic acids is 1. The van der Waals surface area contributed by atoms with Crippen molar-refractivity contribution >= 4 is 35.4 Å². The number of piperidine rings is 1. The largest absolute Gasteiger partial charge is 0.480 e. The Bertz CT molecular complexity index is 2220. The third-order valence-corrected chi connectivity index (χ3v) is 12.1. The number of carboxylic acids is 1. The number of nitrogens with one attached hydrogen (secondary N) is 2. The molecule has 16 heteroatoms. The predicted octanol–water partition coefficient (Wildman–Crippen LogP) is 7.20. The van der Waals surface area contributed by atoms with E-state index in [1.807, 2.05) is 84.6 Å². The Balaban J connectivity index is 0.000000262. The molecule has 400 valence electrons. The number of ether oxygens (including phenoxy) is 2. The molecule has 4 aromatic carbocycles. The molecule has 2 atom stereocenters. The lowest BCUT2D eigenvalue weighted by Crippen LogP contribution is -2.55. The van der Waals surface area contributed by atoms with Gasteiger partial charge in [0.2, 0.25) is 5.91 Å². The van der Waals surface area contributed by atoms with Crippen LogP contribution in [0.2, 0.25) is 0 Å². The zero-order valence-corrected chi connectivity index (χ0v) is 44.6. The minimum atomic E-state index is -1.09. The third kappa shape index (κ3) is 23.0. The lowest BCUT2D eigenvalue weighted by Gasteiger charge is -2.36. The van der Waals surface area contributed by atoms with Gasteiger partial charge >= 0.3 is 18.2 Å². The first-order chi connectivity index (χ1) is 34.7. The van der Waals surface area contributed by atoms with E-state index < -0.39 is 41.4 Å². The van der Waals surface area contributed by atoms with Gasteiger partial charge in [0.05, 0.1) is 13.2 Å². The van der Waals surface area contributed by atoms with Crippen LogP contribution in [0.3, 0.4) is 0 Å². The molecule has 16 nitrogen and oxygen atoms in total. The number of hydrogen-bond donors (Lipinski definition) is 5. The number of carbonyl (C=O) groups is 4. The summed E-state index contributed by atoms with van der Waals surface area (Å²) in [7, 11) is 3.97. The van der Waals surface area contributed by atoms with E-state index in [0.29, 0.717) is 32.6 Å². The molecule has 5 N–H and O–H groups in total. The number of rotatable bonds is 18. The van der Waals surface area contributed by atoms with E-state index in [1.165, 1.54) is 49.2 Å². The summed E-state index contributed by atoms with van der Waals surface area (Å²) in [5.74, 6) is -1.17. The highest BCUT2D eigenvalue weighted by molar-refractivity contribution is 5.86. The first-order valence-corrected chi connectivity index (χ1v) is 25.6. The number of carboxylic acid groups (broad SMARTS) is 1. The van der Waals surface area contributed by atoms with Crippen molar-refractivity contribution in [2.24, 2.45) is 0 Å². The Morgan fingerprint density at radius 1 is 0.534 bits per heavy atom. The van der Waals surface area contributed by atoms with Crippen LogP contribution in [0, 0.1) is 0 Å². The Labute approximate surface area is 434 Å². The smallest absolute Gasteiger partial charge is 0.408 e. The molecule has 2 fully saturated rings. The summed E-state index contributed by atoms with van der Waals surface area (Å²) in [5, 5.41) is 32.3. The van der Waals surface area contributed by atoms with Crippen LogP contribution >= 0.6 is 0 Å². The van der Waals surface area contributed by atoms with Crippen LogP contribution in [0.5, 0.6) is 0 Å². The van der Waals surface area contributed by atoms with Crippen LogP contribution in [0.1, 0.15) is 83.1 Å². The van der Waals surface area contributed by atoms with Gasteiger partial charge in [-0.15, -0.1) is 0 Å². The second-order valence-corrected chi connectivity index (χ2v) is 20.7. The number of nitrogens with zero attached hydrogens (tertiary/aromatic N) is 5. The molecule has 0 bridgehead atoms. The minimum absolute atomic E-state index is 0.0827. The van der Waals surface area contributed by atoms with Gasteiger partial charge in [-0.05, 0) is 114 Å². The standard InChI is InChI=1S/C28H40N4O4.C15H24N2O.C14H19NO4/c1-28(2,3)36-27(35)29-25(20-22-8-6-5-7-9-22)26(34)32-16-14-31(15-17-32)21-23-10-12-24(13-11-23)30(4)18-19-33;1-16(11-12-18)15-7-5-14(6-8-15)13-17-9-3-2-4-10-17;1-14(2,3)19-13(18)15-11(12(16)17)9-10-7-5-4-6-8-10/h5-13,25,33H,14-21H2,1-4H3,(H,29,35);5-8,18H,2-4,9-13H2,1H3;4-8,11H,9H2,1-3H3,(H,15,18)(H,16,17)/t25-;;11-/m0.0/s1. The normalized spacial score (nSPS) is 15.0. The van der Waals surface area contributed by atoms with Crippen LogP contribution in [0.4, 0.5) is 21.0 Å². The zero-order chi connectivity index (χ0) is 53.4. The molecule has 2 aliphatic heterocycles. The summed E-state index contributed by atoms with van der Waals surface area (Å²) in [6.45, 7) is 19.3. The molecule has 73 heavy (non-hydrogen) atoms. The maximum absolute atomic E-state index is 13.4. The Hall–Kier alpha value is -6.20. The molecule has 3 amide bonds. The average Bonchev–Trinajstić information content (AvgIpc) is 3.34. The second kappa shape index (κ2) is 30.1. The third-order valence-electron chi connectivity index (χ3n) is 12.1. The zero-order valence-electron chi connectivity index (χ0n) is 44.6. The van der Waals surface area contributed by atoms with Crippen molar-refractivity contribution in [2.75, 3.05) is 89.5 Å². The van der Waals surface area contributed by atoms with Crippen LogP contribution < -0.4 is 20.4 Å². The van der Waals surface area contributed by atoms with E-state index in [0.717, 1.165) is 43.0 Å². The van der Waals surface area contributed by atoms with Gasteiger partial charge in [-0.1, -0.05) is 91.3 Å². The summed E-state index contributed by atoms with van der Waals surface area (Å²) in [4.78, 5) is 59.4. The number of piperazine rings is 1. The van der Waals surface area contributed by atoms with Crippen LogP contribution in [-0.4, -0.2) is 157 Å². The lowest BCUT2D eigenvalue weighted by molar-refractivity contribution is -0.139. The number of benzene rings is 4. The van der Waals surface area contributed by atoms with Gasteiger partial charge < -0.3 is 50.1 Å². The Morgan fingerprint density at radius 2 is 0.918 bits per heavy atom. The fourth-order valence-corrected chi connectivity index (χ4v) is 8.25. The Morgan fingerprint density at radius 3 is 1.30 bits per heavy atom. The molecule has 6 rings (SSSR count). The van der Waals surface area contributed by atoms with Gasteiger partial charge in [0, 0.05) is 90.7 Å². The first-order valence-electron chi connectivity index (χ1n) is 25.6. The monoisotopic (exact) mass is 1010 g/mol. The van der Waals surface area contributed by atoms with E-state index in [2.05, 4.69) is 73.9 Å². The van der Waals surface area contributed by atoms with E-state index in [4.69, 9.17) is 24.8 Å². The molecule has 4 aromatic rings. The van der Waals surface area contributed by atoms with Gasteiger partial charge in [0.25, 0.3) is 0 Å². The first kappa shape index (κ1) is 59.4. The molecule has 0 aliphatic carbocycles. The van der Waals surface area contributed by atoms with E-state index in [-0.39, 0.29) is 25.5 Å². The topological polar surface area (TPSA) is 188 Å². The SMILES string of the molecule is CC(C)(C)OC(=O)N[C@@H](Cc1ccccc1)C(=O)O.CN(CCO)c1ccc(CN2CCCCC2)cc1.CN(CCO)c1ccc(CN2CCN(C(=O)[C@H](Cc3ccccc3)NC(=O)OC(C)(C)C)CC2)cc1. The summed E-state index contributed by atoms with van der Waals surface area (Å²) in [5.41, 5.74) is 5.38. The van der Waals surface area contributed by atoms with Gasteiger partial charge in [0.1, 0.15) is 23.3 Å². The van der Waals surface area contributed by atoms with Crippen molar-refractivity contribution in [1.29, 1.82) is 0 Å². The van der Waals surface area contributed by atoms with Crippen LogP contribution in [0.15, 0.2) is 109 Å². The van der Waals surface area contributed by atoms with Crippen molar-refractivity contribution < 1.29 is 44.0 Å². The number of carbonyl (C=O) groups excluding carboxylic acids is 3. The van der Waals surface area contributed by atoms with Crippen molar-refractivity contribution in [3.8, 4) is 0 Å². The van der Waals surface area contributed by atoms with Gasteiger partial charge in [-0.25, -0.2) is 14.4 Å². The Kier molecular flexibility index (Phi) is 24.5. The van der Waals surface area contributed by atoms with Crippen molar-refractivity contribution in [2.45, 2.75) is 110 Å². The van der Waals surface area contributed by atoms with Crippen molar-refractivity contribution in [1.82, 2.24) is 25.3 Å². The maximum atomic E-state index is 13.4. The van der Waals surface area contributed by atoms with Gasteiger partial charge in [-0.2, -0.15) is 0 Å². The van der Waals surface area contributed by atoms with Gasteiger partial charge in [0.15, 0.2) is 0 Å². The molecule has 2 aliphatic rings. The summed E-state index contributed by atoms with van der Waals surface area (Å²) in [6.07, 6.45) is 3.40. The van der Waals surface area contributed by atoms with E-state index in [9.17, 15) is 19.2 Å². The van der Waals surface area contributed by atoms with Crippen molar-refractivity contribution in [3.05, 3.63) is 131 Å². The molecule has 0 spiro atoms. The molecule has 0 radical (unpaired) electrons. The number of amides is 3. The molecule has 0 unspecified atom stereocenters. The molecule has 2 heterocycles. The fourth-order valence-electron chi connectivity index (χ4n) is 8.25. The number of aliphatic hydroxyl groups is 2. The minimum Gasteiger partial charge on any atom is -0.480 e. The lowest BCUT2D eigenvalue weighted by atomic mass is 10.0. The molecular formula is C57H83N7O9. The second-order valence-electron chi connectivity index (χ2n) is 20.7. The maximum Gasteiger partial charge on any atom is 0.408 e. The quantitative estimate of drug-likeness (QED) is 0.0674. The highest BCUT2D eigenvalue weighted by Crippen LogP contribution is 2.19. The number of alkyl carbamates (subject to hydrolysis) is 2. The molecule has 0 saturated carbocycles. The number of likely N-dealkylation sites (N-methyl/N-ethyl adjacent to an activating group) is 2. The van der Waals surface area contributed by atoms with Crippen LogP contribution in [-0.2, 0) is 45.0 Å². The predicted molar refractivity (Wildman–Crippen MR) is 289 cm³/mol. The summed E-state index contributed by atoms with van der Waals surface area (Å²) >= 11 is 0. The van der Waals surface area contributed by atoms with E-state index in [1.54, 1.807) is 41.5 Å². The molecular weight excluding hydrogens is 927 g/mol. The number of hydrogen-bond acceptors (Lipinski definition) is 12. The summed E-state index contributed by atoms with van der Waals surface area (Å²) < 4.78 is 10.5. The van der Waals surface area contributed by atoms with E-state index >= 15 is 0 Å². The number of likely N-dealkylation sites (tertiary alicyclic amines) is 1. The number of anilines is 2. The number of aliphatic hydroxyl groups excluding tert-OH is 2. The highest BCUT2D eigenvalue weighted by Gasteiger charge is 2.31. The summed E-state index contributed by atoms with van der Waals surface area (Å²) in [6, 6.07) is 34.2. The van der Waals surface area contributed by atoms with Crippen LogP contribution in [0.25, 0.3) is 0 Å². The fraction of sp³-hybridized carbons (Fsp3) is 0.509. The average molecular weight is 1010 g/mol.